The van der Waals surface area contributed by atoms with E-state index >= 15 is 0 Å². The molecule has 2 aromatic carbocycles. The highest BCUT2D eigenvalue weighted by Gasteiger charge is 2.09. The Morgan fingerprint density at radius 2 is 1.91 bits per heavy atom. The number of nitrogens with zero attached hydrogens (tertiary/aromatic N) is 2. The fraction of sp³-hybridized carbons (Fsp3) is 0.125. The van der Waals surface area contributed by atoms with Crippen LogP contribution in [0.25, 0.3) is 11.4 Å². The highest BCUT2D eigenvalue weighted by atomic mass is 35.5. The molecule has 3 rings (SSSR count). The van der Waals surface area contributed by atoms with Crippen LogP contribution in [0.3, 0.4) is 0 Å². The summed E-state index contributed by atoms with van der Waals surface area (Å²) in [5.41, 5.74) is 1.68. The molecule has 0 radical (unpaired) electrons. The first-order valence-corrected chi connectivity index (χ1v) is 7.57. The monoisotopic (exact) mass is 349 g/mol. The Balaban J connectivity index is 1.67. The van der Waals surface area contributed by atoms with Crippen molar-refractivity contribution in [3.8, 4) is 17.1 Å². The van der Waals surface area contributed by atoms with Crippen molar-refractivity contribution in [2.45, 2.75) is 6.54 Å². The summed E-state index contributed by atoms with van der Waals surface area (Å²) >= 11 is 11.9. The molecule has 0 unspecified atom stereocenters. The number of hydrogen-bond donors (Lipinski definition) is 1. The molecule has 0 aliphatic rings. The van der Waals surface area contributed by atoms with Crippen molar-refractivity contribution in [1.82, 2.24) is 10.1 Å². The lowest BCUT2D eigenvalue weighted by Crippen LogP contribution is -2.00. The second kappa shape index (κ2) is 6.89. The second-order valence-corrected chi connectivity index (χ2v) is 5.57. The zero-order valence-corrected chi connectivity index (χ0v) is 13.7. The van der Waals surface area contributed by atoms with E-state index in [0.717, 1.165) is 11.3 Å². The third-order valence-corrected chi connectivity index (χ3v) is 3.71. The number of benzene rings is 2. The van der Waals surface area contributed by atoms with Crippen LogP contribution < -0.4 is 10.1 Å². The van der Waals surface area contributed by atoms with Gasteiger partial charge in [-0.1, -0.05) is 28.4 Å². The van der Waals surface area contributed by atoms with Crippen molar-refractivity contribution < 1.29 is 9.26 Å². The fourth-order valence-corrected chi connectivity index (χ4v) is 2.38. The van der Waals surface area contributed by atoms with Crippen LogP contribution in [0.15, 0.2) is 47.0 Å². The van der Waals surface area contributed by atoms with Gasteiger partial charge in [0.2, 0.25) is 11.7 Å². The molecule has 7 heteroatoms. The van der Waals surface area contributed by atoms with Crippen LogP contribution in [-0.2, 0) is 6.54 Å². The topological polar surface area (TPSA) is 60.2 Å². The van der Waals surface area contributed by atoms with E-state index in [9.17, 15) is 0 Å². The Bertz CT molecular complexity index is 803. The summed E-state index contributed by atoms with van der Waals surface area (Å²) in [6.07, 6.45) is 0. The molecule has 0 aliphatic carbocycles. The molecular weight excluding hydrogens is 337 g/mol. The molecule has 118 valence electrons. The Hall–Kier alpha value is -2.24. The van der Waals surface area contributed by atoms with E-state index in [4.69, 9.17) is 32.5 Å². The zero-order chi connectivity index (χ0) is 16.2. The van der Waals surface area contributed by atoms with E-state index in [1.807, 2.05) is 18.2 Å². The molecule has 5 nitrogen and oxygen atoms in total. The minimum absolute atomic E-state index is 0.392. The van der Waals surface area contributed by atoms with Crippen molar-refractivity contribution in [1.29, 1.82) is 0 Å². The highest BCUT2D eigenvalue weighted by Crippen LogP contribution is 2.27. The first-order chi connectivity index (χ1) is 11.2. The number of anilines is 1. The normalized spacial score (nSPS) is 10.6. The predicted octanol–water partition coefficient (Wildman–Crippen LogP) is 4.66. The average Bonchev–Trinajstić information content (AvgIpc) is 3.03. The summed E-state index contributed by atoms with van der Waals surface area (Å²) in [5, 5.41) is 8.32. The smallest absolute Gasteiger partial charge is 0.246 e. The van der Waals surface area contributed by atoms with Crippen molar-refractivity contribution in [3.63, 3.8) is 0 Å². The molecule has 0 bridgehead atoms. The van der Waals surface area contributed by atoms with Crippen molar-refractivity contribution in [3.05, 3.63) is 58.4 Å². The van der Waals surface area contributed by atoms with Crippen molar-refractivity contribution in [2.24, 2.45) is 0 Å². The molecule has 3 aromatic rings. The molecule has 1 heterocycles. The quantitative estimate of drug-likeness (QED) is 0.725. The van der Waals surface area contributed by atoms with Crippen LogP contribution in [0.4, 0.5) is 5.69 Å². The van der Waals surface area contributed by atoms with Gasteiger partial charge in [0.25, 0.3) is 0 Å². The maximum Gasteiger partial charge on any atom is 0.246 e. The predicted molar refractivity (Wildman–Crippen MR) is 90.1 cm³/mol. The summed E-state index contributed by atoms with van der Waals surface area (Å²) < 4.78 is 10.3. The van der Waals surface area contributed by atoms with E-state index in [-0.39, 0.29) is 0 Å². The Morgan fingerprint density at radius 3 is 2.61 bits per heavy atom. The number of methoxy groups -OCH3 is 1. The maximum absolute atomic E-state index is 6.08. The minimum Gasteiger partial charge on any atom is -0.495 e. The van der Waals surface area contributed by atoms with Gasteiger partial charge in [0, 0.05) is 16.3 Å². The van der Waals surface area contributed by atoms with Crippen LogP contribution in [0.1, 0.15) is 5.89 Å². The molecule has 0 atom stereocenters. The Kier molecular flexibility index (Phi) is 4.69. The lowest BCUT2D eigenvalue weighted by molar-refractivity contribution is 0.384. The van der Waals surface area contributed by atoms with Gasteiger partial charge in [0.05, 0.1) is 18.7 Å². The molecule has 0 amide bonds. The highest BCUT2D eigenvalue weighted by molar-refractivity contribution is 6.32. The van der Waals surface area contributed by atoms with Crippen LogP contribution in [-0.4, -0.2) is 17.3 Å². The SMILES string of the molecule is COc1ccc(NCc2nc(-c3ccc(Cl)cc3)no2)cc1Cl. The molecule has 0 spiro atoms. The summed E-state index contributed by atoms with van der Waals surface area (Å²) in [6.45, 7) is 0.392. The molecule has 0 saturated carbocycles. The summed E-state index contributed by atoms with van der Waals surface area (Å²) in [7, 11) is 1.57. The number of ether oxygens (including phenoxy) is 1. The molecule has 0 fully saturated rings. The number of nitrogens with one attached hydrogen (secondary N) is 1. The van der Waals surface area contributed by atoms with Crippen molar-refractivity contribution in [2.75, 3.05) is 12.4 Å². The lowest BCUT2D eigenvalue weighted by Gasteiger charge is -2.06. The number of hydrogen-bond acceptors (Lipinski definition) is 5. The van der Waals surface area contributed by atoms with Gasteiger partial charge in [-0.15, -0.1) is 0 Å². The zero-order valence-electron chi connectivity index (χ0n) is 12.2. The second-order valence-electron chi connectivity index (χ2n) is 4.72. The summed E-state index contributed by atoms with van der Waals surface area (Å²) in [4.78, 5) is 4.34. The fourth-order valence-electron chi connectivity index (χ4n) is 2.00. The first kappa shape index (κ1) is 15.6. The summed E-state index contributed by atoms with van der Waals surface area (Å²) in [5.74, 6) is 1.62. The van der Waals surface area contributed by atoms with Crippen LogP contribution in [0, 0.1) is 0 Å². The molecule has 0 saturated heterocycles. The van der Waals surface area contributed by atoms with Gasteiger partial charge < -0.3 is 14.6 Å². The average molecular weight is 350 g/mol. The first-order valence-electron chi connectivity index (χ1n) is 6.81. The molecule has 23 heavy (non-hydrogen) atoms. The maximum atomic E-state index is 6.08. The summed E-state index contributed by atoms with van der Waals surface area (Å²) in [6, 6.07) is 12.7. The van der Waals surface area contributed by atoms with Gasteiger partial charge in [-0.25, -0.2) is 0 Å². The number of aromatic nitrogens is 2. The van der Waals surface area contributed by atoms with Gasteiger partial charge in [-0.05, 0) is 42.5 Å². The van der Waals surface area contributed by atoms with E-state index in [2.05, 4.69) is 15.5 Å². The van der Waals surface area contributed by atoms with Gasteiger partial charge in [-0.3, -0.25) is 0 Å². The van der Waals surface area contributed by atoms with E-state index in [1.54, 1.807) is 31.4 Å². The minimum atomic E-state index is 0.392. The largest absolute Gasteiger partial charge is 0.495 e. The Labute approximate surface area is 143 Å². The third-order valence-electron chi connectivity index (χ3n) is 3.17. The lowest BCUT2D eigenvalue weighted by atomic mass is 10.2. The van der Waals surface area contributed by atoms with Gasteiger partial charge in [0.1, 0.15) is 5.75 Å². The number of rotatable bonds is 5. The molecule has 1 aromatic heterocycles. The van der Waals surface area contributed by atoms with Crippen LogP contribution >= 0.6 is 23.2 Å². The third kappa shape index (κ3) is 3.75. The van der Waals surface area contributed by atoms with E-state index in [1.165, 1.54) is 0 Å². The molecule has 0 aliphatic heterocycles. The number of halogens is 2. The van der Waals surface area contributed by atoms with Gasteiger partial charge >= 0.3 is 0 Å². The molecular formula is C16H13Cl2N3O2. The van der Waals surface area contributed by atoms with Crippen molar-refractivity contribution >= 4 is 28.9 Å². The van der Waals surface area contributed by atoms with E-state index in [0.29, 0.717) is 34.1 Å². The molecule has 1 N–H and O–H groups in total. The van der Waals surface area contributed by atoms with E-state index < -0.39 is 0 Å². The van der Waals surface area contributed by atoms with Gasteiger partial charge in [-0.2, -0.15) is 4.98 Å². The van der Waals surface area contributed by atoms with Gasteiger partial charge in [0.15, 0.2) is 0 Å². The van der Waals surface area contributed by atoms with Crippen LogP contribution in [0.5, 0.6) is 5.75 Å². The standard InChI is InChI=1S/C16H13Cl2N3O2/c1-22-14-7-6-12(8-13(14)18)19-9-15-20-16(21-23-15)10-2-4-11(17)5-3-10/h2-8,19H,9H2,1H3. The van der Waals surface area contributed by atoms with Crippen LogP contribution in [0.2, 0.25) is 10.0 Å². The Morgan fingerprint density at radius 1 is 1.13 bits per heavy atom.